The Morgan fingerprint density at radius 1 is 1.47 bits per heavy atom. The van der Waals surface area contributed by atoms with Crippen molar-refractivity contribution in [3.8, 4) is 0 Å². The quantitative estimate of drug-likeness (QED) is 0.872. The maximum Gasteiger partial charge on any atom is 0.0955 e. The Bertz CT molecular complexity index is 407. The summed E-state index contributed by atoms with van der Waals surface area (Å²) in [6, 6.07) is 0. The molecule has 1 aromatic rings. The van der Waals surface area contributed by atoms with Gasteiger partial charge in [0, 0.05) is 23.8 Å². The molecule has 0 radical (unpaired) electrons. The highest BCUT2D eigenvalue weighted by molar-refractivity contribution is 7.09. The molecule has 2 unspecified atom stereocenters. The van der Waals surface area contributed by atoms with Gasteiger partial charge in [-0.05, 0) is 25.7 Å². The van der Waals surface area contributed by atoms with Crippen LogP contribution in [0, 0.1) is 5.92 Å². The molecular formula is C15H25NO2S. The second-order valence-electron chi connectivity index (χ2n) is 6.41. The first kappa shape index (κ1) is 14.9. The first-order valence-corrected chi connectivity index (χ1v) is 8.04. The van der Waals surface area contributed by atoms with Gasteiger partial charge in [-0.1, -0.05) is 20.8 Å². The van der Waals surface area contributed by atoms with Crippen molar-refractivity contribution in [1.82, 2.24) is 4.98 Å². The van der Waals surface area contributed by atoms with Crippen LogP contribution >= 0.6 is 11.3 Å². The molecule has 2 atom stereocenters. The summed E-state index contributed by atoms with van der Waals surface area (Å²) in [6.45, 7) is 9.15. The summed E-state index contributed by atoms with van der Waals surface area (Å²) in [5.74, 6) is 0.553. The molecule has 1 N–H and O–H groups in total. The highest BCUT2D eigenvalue weighted by atomic mass is 32.1. The SMILES string of the molecule is CCOC(C(O)Cc1nc(C(C)(C)C)cs1)C1CC1. The molecule has 108 valence electrons. The minimum absolute atomic E-state index is 0.00742. The fourth-order valence-corrected chi connectivity index (χ4v) is 3.29. The number of aliphatic hydroxyl groups is 1. The van der Waals surface area contributed by atoms with Crippen molar-refractivity contribution >= 4 is 11.3 Å². The molecule has 2 rings (SSSR count). The molecule has 1 fully saturated rings. The maximum absolute atomic E-state index is 10.4. The topological polar surface area (TPSA) is 42.4 Å². The molecule has 1 aromatic heterocycles. The lowest BCUT2D eigenvalue weighted by molar-refractivity contribution is -0.0439. The van der Waals surface area contributed by atoms with Crippen LogP contribution in [0.5, 0.6) is 0 Å². The van der Waals surface area contributed by atoms with Crippen LogP contribution in [-0.2, 0) is 16.6 Å². The van der Waals surface area contributed by atoms with Crippen LogP contribution in [0.3, 0.4) is 0 Å². The Morgan fingerprint density at radius 2 is 2.16 bits per heavy atom. The smallest absolute Gasteiger partial charge is 0.0955 e. The third-order valence-electron chi connectivity index (χ3n) is 3.53. The standard InChI is InChI=1S/C15H25NO2S/c1-5-18-14(10-6-7-10)11(17)8-13-16-12(9-19-13)15(2,3)4/h9-11,14,17H,5-8H2,1-4H3. The summed E-state index contributed by atoms with van der Waals surface area (Å²) in [6.07, 6.45) is 2.56. The predicted octanol–water partition coefficient (Wildman–Crippen LogP) is 3.16. The molecule has 1 aliphatic carbocycles. The molecule has 19 heavy (non-hydrogen) atoms. The van der Waals surface area contributed by atoms with E-state index in [-0.39, 0.29) is 11.5 Å². The molecular weight excluding hydrogens is 258 g/mol. The normalized spacial score (nSPS) is 19.4. The van der Waals surface area contributed by atoms with Crippen molar-refractivity contribution in [3.05, 3.63) is 16.1 Å². The molecule has 0 amide bonds. The number of rotatable bonds is 6. The zero-order chi connectivity index (χ0) is 14.0. The van der Waals surface area contributed by atoms with Gasteiger partial charge in [0.15, 0.2) is 0 Å². The Morgan fingerprint density at radius 3 is 2.63 bits per heavy atom. The largest absolute Gasteiger partial charge is 0.390 e. The van der Waals surface area contributed by atoms with Gasteiger partial charge in [0.25, 0.3) is 0 Å². The molecule has 1 saturated carbocycles. The second-order valence-corrected chi connectivity index (χ2v) is 7.35. The summed E-state index contributed by atoms with van der Waals surface area (Å²) in [4.78, 5) is 4.65. The minimum Gasteiger partial charge on any atom is -0.390 e. The van der Waals surface area contributed by atoms with E-state index in [0.29, 0.717) is 18.9 Å². The number of aliphatic hydroxyl groups excluding tert-OH is 1. The zero-order valence-electron chi connectivity index (χ0n) is 12.3. The predicted molar refractivity (Wildman–Crippen MR) is 78.7 cm³/mol. The van der Waals surface area contributed by atoms with Crippen LogP contribution < -0.4 is 0 Å². The molecule has 0 spiro atoms. The molecule has 4 heteroatoms. The number of hydrogen-bond donors (Lipinski definition) is 1. The summed E-state index contributed by atoms with van der Waals surface area (Å²) >= 11 is 1.65. The van der Waals surface area contributed by atoms with Crippen molar-refractivity contribution in [1.29, 1.82) is 0 Å². The fraction of sp³-hybridized carbons (Fsp3) is 0.800. The fourth-order valence-electron chi connectivity index (χ4n) is 2.22. The summed E-state index contributed by atoms with van der Waals surface area (Å²) < 4.78 is 5.70. The Hall–Kier alpha value is -0.450. The molecule has 1 heterocycles. The second kappa shape index (κ2) is 5.90. The van der Waals surface area contributed by atoms with E-state index in [0.717, 1.165) is 10.7 Å². The van der Waals surface area contributed by atoms with Gasteiger partial charge in [0.2, 0.25) is 0 Å². The van der Waals surface area contributed by atoms with Crippen molar-refractivity contribution in [3.63, 3.8) is 0 Å². The van der Waals surface area contributed by atoms with Crippen LogP contribution in [0.1, 0.15) is 51.2 Å². The van der Waals surface area contributed by atoms with E-state index in [1.165, 1.54) is 12.8 Å². The number of thiazole rings is 1. The highest BCUT2D eigenvalue weighted by Gasteiger charge is 2.37. The van der Waals surface area contributed by atoms with Gasteiger partial charge in [0.05, 0.1) is 22.9 Å². The number of aromatic nitrogens is 1. The summed E-state index contributed by atoms with van der Waals surface area (Å²) in [5, 5.41) is 13.5. The monoisotopic (exact) mass is 283 g/mol. The Balaban J connectivity index is 1.97. The number of ether oxygens (including phenoxy) is 1. The zero-order valence-corrected chi connectivity index (χ0v) is 13.2. The van der Waals surface area contributed by atoms with Crippen LogP contribution in [0.15, 0.2) is 5.38 Å². The molecule has 0 aromatic carbocycles. The minimum atomic E-state index is -0.425. The van der Waals surface area contributed by atoms with Crippen molar-refractivity contribution in [2.24, 2.45) is 5.92 Å². The lowest BCUT2D eigenvalue weighted by Crippen LogP contribution is -2.33. The van der Waals surface area contributed by atoms with Crippen molar-refractivity contribution in [2.75, 3.05) is 6.61 Å². The van der Waals surface area contributed by atoms with Gasteiger partial charge in [-0.15, -0.1) is 11.3 Å². The Labute approximate surface area is 120 Å². The molecule has 3 nitrogen and oxygen atoms in total. The molecule has 0 bridgehead atoms. The van der Waals surface area contributed by atoms with Gasteiger partial charge < -0.3 is 9.84 Å². The van der Waals surface area contributed by atoms with E-state index in [4.69, 9.17) is 4.74 Å². The lowest BCUT2D eigenvalue weighted by Gasteiger charge is -2.22. The lowest BCUT2D eigenvalue weighted by atomic mass is 9.93. The van der Waals surface area contributed by atoms with Crippen LogP contribution in [-0.4, -0.2) is 28.9 Å². The van der Waals surface area contributed by atoms with E-state index in [1.807, 2.05) is 6.92 Å². The van der Waals surface area contributed by atoms with Crippen LogP contribution in [0.4, 0.5) is 0 Å². The Kier molecular flexibility index (Phi) is 4.64. The molecule has 0 aliphatic heterocycles. The van der Waals surface area contributed by atoms with E-state index in [1.54, 1.807) is 11.3 Å². The molecule has 0 saturated heterocycles. The van der Waals surface area contributed by atoms with E-state index in [9.17, 15) is 5.11 Å². The third-order valence-corrected chi connectivity index (χ3v) is 4.40. The summed E-state index contributed by atoms with van der Waals surface area (Å²) in [7, 11) is 0. The van der Waals surface area contributed by atoms with Gasteiger partial charge in [-0.3, -0.25) is 0 Å². The number of nitrogens with zero attached hydrogens (tertiary/aromatic N) is 1. The van der Waals surface area contributed by atoms with Crippen molar-refractivity contribution < 1.29 is 9.84 Å². The van der Waals surface area contributed by atoms with E-state index < -0.39 is 6.10 Å². The highest BCUT2D eigenvalue weighted by Crippen LogP contribution is 2.36. The van der Waals surface area contributed by atoms with Crippen LogP contribution in [0.2, 0.25) is 0 Å². The first-order chi connectivity index (χ1) is 8.91. The van der Waals surface area contributed by atoms with Gasteiger partial charge in [0.1, 0.15) is 0 Å². The van der Waals surface area contributed by atoms with E-state index in [2.05, 4.69) is 31.1 Å². The van der Waals surface area contributed by atoms with E-state index >= 15 is 0 Å². The third kappa shape index (κ3) is 4.01. The van der Waals surface area contributed by atoms with Crippen molar-refractivity contribution in [2.45, 2.75) is 64.6 Å². The van der Waals surface area contributed by atoms with Gasteiger partial charge in [-0.2, -0.15) is 0 Å². The average molecular weight is 283 g/mol. The van der Waals surface area contributed by atoms with Crippen LogP contribution in [0.25, 0.3) is 0 Å². The first-order valence-electron chi connectivity index (χ1n) is 7.16. The average Bonchev–Trinajstić information content (AvgIpc) is 3.03. The number of hydrogen-bond acceptors (Lipinski definition) is 4. The molecule has 1 aliphatic rings. The van der Waals surface area contributed by atoms with Gasteiger partial charge >= 0.3 is 0 Å². The summed E-state index contributed by atoms with van der Waals surface area (Å²) in [5.41, 5.74) is 1.19. The maximum atomic E-state index is 10.4. The van der Waals surface area contributed by atoms with Gasteiger partial charge in [-0.25, -0.2) is 4.98 Å².